The van der Waals surface area contributed by atoms with Gasteiger partial charge in [-0.2, -0.15) is 0 Å². The summed E-state index contributed by atoms with van der Waals surface area (Å²) < 4.78 is 0. The average molecular weight is 206 g/mol. The zero-order valence-corrected chi connectivity index (χ0v) is 7.43. The van der Waals surface area contributed by atoms with Crippen LogP contribution in [0.3, 0.4) is 0 Å². The molecule has 0 radical (unpaired) electrons. The smallest absolute Gasteiger partial charge is 0.307 e. The predicted octanol–water partition coefficient (Wildman–Crippen LogP) is 2.02. The molecule has 0 aliphatic carbocycles. The third kappa shape index (κ3) is 2.09. The topological polar surface area (TPSA) is 50.2 Å². The lowest BCUT2D eigenvalue weighted by Gasteiger charge is -2.01. The molecule has 0 atom stereocenters. The molecule has 0 aromatic carbocycles. The molecule has 0 spiro atoms. The highest BCUT2D eigenvalue weighted by Gasteiger charge is 2.09. The molecule has 64 valence electrons. The summed E-state index contributed by atoms with van der Waals surface area (Å²) >= 11 is 11.3. The van der Waals surface area contributed by atoms with Gasteiger partial charge in [-0.05, 0) is 0 Å². The van der Waals surface area contributed by atoms with Gasteiger partial charge in [-0.1, -0.05) is 23.2 Å². The standard InChI is InChI=1S/C7H5Cl2NO2/c8-5-2-10-3-6(9)4(5)1-7(11)12/h2-3H,1H2,(H,11,12). The van der Waals surface area contributed by atoms with Crippen molar-refractivity contribution in [3.63, 3.8) is 0 Å². The van der Waals surface area contributed by atoms with Gasteiger partial charge in [0.1, 0.15) is 0 Å². The van der Waals surface area contributed by atoms with Crippen LogP contribution in [-0.2, 0) is 11.2 Å². The first kappa shape index (κ1) is 9.29. The van der Waals surface area contributed by atoms with E-state index in [9.17, 15) is 4.79 Å². The van der Waals surface area contributed by atoms with Gasteiger partial charge in [0.25, 0.3) is 0 Å². The Morgan fingerprint density at radius 3 is 2.33 bits per heavy atom. The maximum absolute atomic E-state index is 10.3. The minimum atomic E-state index is -0.968. The first-order chi connectivity index (χ1) is 5.61. The SMILES string of the molecule is O=C(O)Cc1c(Cl)cncc1Cl. The summed E-state index contributed by atoms with van der Waals surface area (Å²) in [6, 6.07) is 0. The first-order valence-corrected chi connectivity index (χ1v) is 3.86. The van der Waals surface area contributed by atoms with Crippen LogP contribution >= 0.6 is 23.2 Å². The molecular formula is C7H5Cl2NO2. The van der Waals surface area contributed by atoms with Crippen LogP contribution in [0, 0.1) is 0 Å². The van der Waals surface area contributed by atoms with Gasteiger partial charge in [-0.15, -0.1) is 0 Å². The Labute approximate surface area is 78.9 Å². The number of halogens is 2. The summed E-state index contributed by atoms with van der Waals surface area (Å²) in [5.41, 5.74) is 0.404. The second kappa shape index (κ2) is 3.74. The van der Waals surface area contributed by atoms with Crippen molar-refractivity contribution in [1.82, 2.24) is 4.98 Å². The summed E-state index contributed by atoms with van der Waals surface area (Å²) in [6.45, 7) is 0. The van der Waals surface area contributed by atoms with Crippen molar-refractivity contribution in [3.05, 3.63) is 28.0 Å². The minimum Gasteiger partial charge on any atom is -0.481 e. The lowest BCUT2D eigenvalue weighted by molar-refractivity contribution is -0.136. The van der Waals surface area contributed by atoms with Crippen molar-refractivity contribution in [2.75, 3.05) is 0 Å². The summed E-state index contributed by atoms with van der Waals surface area (Å²) in [7, 11) is 0. The van der Waals surface area contributed by atoms with Crippen molar-refractivity contribution in [2.45, 2.75) is 6.42 Å². The second-order valence-corrected chi connectivity index (χ2v) is 2.97. The highest BCUT2D eigenvalue weighted by atomic mass is 35.5. The molecule has 0 bridgehead atoms. The monoisotopic (exact) mass is 205 g/mol. The average Bonchev–Trinajstić information content (AvgIpc) is 1.97. The zero-order chi connectivity index (χ0) is 9.14. The summed E-state index contributed by atoms with van der Waals surface area (Å²) in [4.78, 5) is 14.0. The number of pyridine rings is 1. The van der Waals surface area contributed by atoms with Crippen molar-refractivity contribution in [1.29, 1.82) is 0 Å². The van der Waals surface area contributed by atoms with E-state index in [1.54, 1.807) is 0 Å². The van der Waals surface area contributed by atoms with Crippen LogP contribution in [0.15, 0.2) is 12.4 Å². The Morgan fingerprint density at radius 2 is 1.92 bits per heavy atom. The van der Waals surface area contributed by atoms with E-state index >= 15 is 0 Å². The van der Waals surface area contributed by atoms with E-state index in [-0.39, 0.29) is 16.5 Å². The highest BCUT2D eigenvalue weighted by Crippen LogP contribution is 2.22. The Hall–Kier alpha value is -0.800. The lowest BCUT2D eigenvalue weighted by Crippen LogP contribution is -2.01. The molecule has 3 nitrogen and oxygen atoms in total. The molecule has 0 saturated carbocycles. The van der Waals surface area contributed by atoms with E-state index in [1.165, 1.54) is 12.4 Å². The molecule has 0 fully saturated rings. The lowest BCUT2D eigenvalue weighted by atomic mass is 10.2. The van der Waals surface area contributed by atoms with Gasteiger partial charge < -0.3 is 5.11 Å². The molecule has 0 saturated heterocycles. The fraction of sp³-hybridized carbons (Fsp3) is 0.143. The molecule has 0 amide bonds. The summed E-state index contributed by atoms with van der Waals surface area (Å²) in [5.74, 6) is -0.968. The van der Waals surface area contributed by atoms with Crippen molar-refractivity contribution >= 4 is 29.2 Å². The molecule has 1 rings (SSSR count). The molecule has 1 aromatic heterocycles. The maximum Gasteiger partial charge on any atom is 0.307 e. The predicted molar refractivity (Wildman–Crippen MR) is 45.6 cm³/mol. The second-order valence-electron chi connectivity index (χ2n) is 2.15. The number of aromatic nitrogens is 1. The minimum absolute atomic E-state index is 0.180. The van der Waals surface area contributed by atoms with Gasteiger partial charge in [0.2, 0.25) is 0 Å². The van der Waals surface area contributed by atoms with E-state index in [0.29, 0.717) is 5.56 Å². The normalized spacial score (nSPS) is 9.83. The summed E-state index contributed by atoms with van der Waals surface area (Å²) in [6.07, 6.45) is 2.55. The van der Waals surface area contributed by atoms with Gasteiger partial charge >= 0.3 is 5.97 Å². The van der Waals surface area contributed by atoms with E-state index < -0.39 is 5.97 Å². The van der Waals surface area contributed by atoms with Gasteiger partial charge in [0.15, 0.2) is 0 Å². The quantitative estimate of drug-likeness (QED) is 0.804. The van der Waals surface area contributed by atoms with E-state index in [4.69, 9.17) is 28.3 Å². The van der Waals surface area contributed by atoms with Crippen LogP contribution in [0.5, 0.6) is 0 Å². The van der Waals surface area contributed by atoms with Crippen LogP contribution in [0.25, 0.3) is 0 Å². The van der Waals surface area contributed by atoms with Crippen LogP contribution < -0.4 is 0 Å². The Morgan fingerprint density at radius 1 is 1.42 bits per heavy atom. The van der Waals surface area contributed by atoms with E-state index in [2.05, 4.69) is 4.98 Å². The summed E-state index contributed by atoms with van der Waals surface area (Å²) in [5, 5.41) is 9.04. The molecule has 0 aliphatic heterocycles. The van der Waals surface area contributed by atoms with Gasteiger partial charge in [0.05, 0.1) is 16.5 Å². The van der Waals surface area contributed by atoms with Gasteiger partial charge in [-0.25, -0.2) is 0 Å². The van der Waals surface area contributed by atoms with Crippen LogP contribution in [0.4, 0.5) is 0 Å². The van der Waals surface area contributed by atoms with Crippen LogP contribution in [-0.4, -0.2) is 16.1 Å². The fourth-order valence-corrected chi connectivity index (χ4v) is 1.26. The van der Waals surface area contributed by atoms with Crippen molar-refractivity contribution < 1.29 is 9.90 Å². The molecule has 0 aliphatic rings. The first-order valence-electron chi connectivity index (χ1n) is 3.11. The molecule has 0 unspecified atom stereocenters. The number of carboxylic acid groups (broad SMARTS) is 1. The Balaban J connectivity index is 3.04. The van der Waals surface area contributed by atoms with Crippen molar-refractivity contribution in [2.24, 2.45) is 0 Å². The highest BCUT2D eigenvalue weighted by molar-refractivity contribution is 6.36. The van der Waals surface area contributed by atoms with Crippen LogP contribution in [0.2, 0.25) is 10.0 Å². The number of aliphatic carboxylic acids is 1. The number of nitrogens with zero attached hydrogens (tertiary/aromatic N) is 1. The maximum atomic E-state index is 10.3. The van der Waals surface area contributed by atoms with Crippen LogP contribution in [0.1, 0.15) is 5.56 Å². The molecular weight excluding hydrogens is 201 g/mol. The fourth-order valence-electron chi connectivity index (χ4n) is 0.758. The number of hydrogen-bond donors (Lipinski definition) is 1. The van der Waals surface area contributed by atoms with E-state index in [0.717, 1.165) is 0 Å². The number of carbonyl (C=O) groups is 1. The van der Waals surface area contributed by atoms with Crippen molar-refractivity contribution in [3.8, 4) is 0 Å². The zero-order valence-electron chi connectivity index (χ0n) is 5.92. The number of rotatable bonds is 2. The number of hydrogen-bond acceptors (Lipinski definition) is 2. The molecule has 1 aromatic rings. The Kier molecular flexibility index (Phi) is 2.89. The van der Waals surface area contributed by atoms with Gasteiger partial charge in [0, 0.05) is 18.0 Å². The molecule has 1 N–H and O–H groups in total. The van der Waals surface area contributed by atoms with E-state index in [1.807, 2.05) is 0 Å². The number of carboxylic acids is 1. The largest absolute Gasteiger partial charge is 0.481 e. The Bertz CT molecular complexity index is 294. The molecule has 5 heteroatoms. The third-order valence-corrected chi connectivity index (χ3v) is 1.93. The molecule has 12 heavy (non-hydrogen) atoms. The van der Waals surface area contributed by atoms with Gasteiger partial charge in [-0.3, -0.25) is 9.78 Å². The third-order valence-electron chi connectivity index (χ3n) is 1.28. The molecule has 1 heterocycles.